The molecule has 3 heterocycles. The lowest BCUT2D eigenvalue weighted by Gasteiger charge is -2.07. The van der Waals surface area contributed by atoms with Crippen molar-refractivity contribution in [1.29, 1.82) is 0 Å². The molecule has 8 nitrogen and oxygen atoms in total. The van der Waals surface area contributed by atoms with Gasteiger partial charge < -0.3 is 20.2 Å². The summed E-state index contributed by atoms with van der Waals surface area (Å²) >= 11 is 0. The SMILES string of the molecule is COc1ccc(CNC(=O)c2cc(N)n3nc(-c4ccc(C)o4)nc3c2)cc1. The first-order chi connectivity index (χ1) is 13.5. The van der Waals surface area contributed by atoms with Crippen LogP contribution < -0.4 is 15.8 Å². The number of hydrogen-bond acceptors (Lipinski definition) is 6. The number of rotatable bonds is 5. The summed E-state index contributed by atoms with van der Waals surface area (Å²) in [4.78, 5) is 17.0. The van der Waals surface area contributed by atoms with Gasteiger partial charge in [0.2, 0.25) is 5.82 Å². The van der Waals surface area contributed by atoms with E-state index in [2.05, 4.69) is 15.4 Å². The Hall–Kier alpha value is -3.81. The number of nitrogen functional groups attached to an aromatic ring is 1. The summed E-state index contributed by atoms with van der Waals surface area (Å²) in [5.74, 6) is 2.56. The van der Waals surface area contributed by atoms with Crippen LogP contribution in [0.3, 0.4) is 0 Å². The van der Waals surface area contributed by atoms with Crippen molar-refractivity contribution in [3.8, 4) is 17.3 Å². The number of nitrogens with two attached hydrogens (primary N) is 1. The van der Waals surface area contributed by atoms with Gasteiger partial charge in [0.05, 0.1) is 7.11 Å². The maximum absolute atomic E-state index is 12.5. The fourth-order valence-corrected chi connectivity index (χ4v) is 2.83. The Kier molecular flexibility index (Phi) is 4.44. The van der Waals surface area contributed by atoms with Gasteiger partial charge in [-0.05, 0) is 48.9 Å². The molecule has 3 N–H and O–H groups in total. The second kappa shape index (κ2) is 7.07. The zero-order valence-electron chi connectivity index (χ0n) is 15.5. The first-order valence-corrected chi connectivity index (χ1v) is 8.68. The summed E-state index contributed by atoms with van der Waals surface area (Å²) < 4.78 is 12.2. The zero-order valence-corrected chi connectivity index (χ0v) is 15.5. The Morgan fingerprint density at radius 1 is 1.21 bits per heavy atom. The van der Waals surface area contributed by atoms with E-state index in [1.54, 1.807) is 25.3 Å². The first-order valence-electron chi connectivity index (χ1n) is 8.68. The smallest absolute Gasteiger partial charge is 0.251 e. The Balaban J connectivity index is 1.55. The standard InChI is InChI=1S/C20H19N5O3/c1-12-3-8-16(28-12)19-23-18-10-14(9-17(21)25(18)24-19)20(26)22-11-13-4-6-15(27-2)7-5-13/h3-10H,11,21H2,1-2H3,(H,22,26). The molecule has 0 spiro atoms. The molecule has 0 aliphatic rings. The van der Waals surface area contributed by atoms with Gasteiger partial charge in [-0.1, -0.05) is 12.1 Å². The van der Waals surface area contributed by atoms with E-state index >= 15 is 0 Å². The van der Waals surface area contributed by atoms with Crippen LogP contribution in [0.25, 0.3) is 17.2 Å². The number of pyridine rings is 1. The van der Waals surface area contributed by atoms with Crippen molar-refractivity contribution in [3.63, 3.8) is 0 Å². The van der Waals surface area contributed by atoms with E-state index in [9.17, 15) is 4.79 Å². The summed E-state index contributed by atoms with van der Waals surface area (Å²) in [5.41, 5.74) is 7.91. The number of nitrogens with one attached hydrogen (secondary N) is 1. The molecule has 142 valence electrons. The number of benzene rings is 1. The summed E-state index contributed by atoms with van der Waals surface area (Å²) in [6.07, 6.45) is 0. The number of amides is 1. The van der Waals surface area contributed by atoms with Crippen LogP contribution in [0.1, 0.15) is 21.7 Å². The van der Waals surface area contributed by atoms with Crippen LogP contribution in [0.15, 0.2) is 52.9 Å². The largest absolute Gasteiger partial charge is 0.497 e. The Morgan fingerprint density at radius 2 is 2.00 bits per heavy atom. The van der Waals surface area contributed by atoms with Gasteiger partial charge in [0.25, 0.3) is 5.91 Å². The van der Waals surface area contributed by atoms with Crippen LogP contribution >= 0.6 is 0 Å². The molecule has 0 bridgehead atoms. The van der Waals surface area contributed by atoms with Gasteiger partial charge in [0.15, 0.2) is 11.4 Å². The van der Waals surface area contributed by atoms with Crippen molar-refractivity contribution in [2.75, 3.05) is 12.8 Å². The van der Waals surface area contributed by atoms with Crippen LogP contribution in [0.2, 0.25) is 0 Å². The molecule has 8 heteroatoms. The van der Waals surface area contributed by atoms with E-state index < -0.39 is 0 Å². The lowest BCUT2D eigenvalue weighted by atomic mass is 10.2. The minimum absolute atomic E-state index is 0.247. The maximum atomic E-state index is 12.5. The van der Waals surface area contributed by atoms with Crippen LogP contribution in [0.4, 0.5) is 5.82 Å². The number of aryl methyl sites for hydroxylation is 1. The van der Waals surface area contributed by atoms with E-state index in [0.717, 1.165) is 17.1 Å². The van der Waals surface area contributed by atoms with Crippen molar-refractivity contribution in [2.45, 2.75) is 13.5 Å². The second-order valence-corrected chi connectivity index (χ2v) is 6.32. The molecular weight excluding hydrogens is 358 g/mol. The first kappa shape index (κ1) is 17.6. The normalized spacial score (nSPS) is 10.9. The highest BCUT2D eigenvalue weighted by Crippen LogP contribution is 2.21. The molecule has 0 atom stereocenters. The highest BCUT2D eigenvalue weighted by molar-refractivity contribution is 5.95. The van der Waals surface area contributed by atoms with Gasteiger partial charge in [-0.25, -0.2) is 4.98 Å². The average molecular weight is 377 g/mol. The maximum Gasteiger partial charge on any atom is 0.251 e. The number of fused-ring (bicyclic) bond motifs is 1. The van der Waals surface area contributed by atoms with Crippen molar-refractivity contribution >= 4 is 17.4 Å². The number of carbonyl (C=O) groups excluding carboxylic acids is 1. The molecule has 0 saturated heterocycles. The van der Waals surface area contributed by atoms with Gasteiger partial charge in [-0.15, -0.1) is 5.10 Å². The fraction of sp³-hybridized carbons (Fsp3) is 0.150. The van der Waals surface area contributed by atoms with Gasteiger partial charge in [-0.2, -0.15) is 4.52 Å². The van der Waals surface area contributed by atoms with E-state index in [1.165, 1.54) is 4.52 Å². The topological polar surface area (TPSA) is 108 Å². The number of methoxy groups -OCH3 is 1. The van der Waals surface area contributed by atoms with E-state index in [-0.39, 0.29) is 5.91 Å². The molecule has 4 rings (SSSR count). The van der Waals surface area contributed by atoms with Gasteiger partial charge in [-0.3, -0.25) is 4.79 Å². The van der Waals surface area contributed by atoms with Crippen LogP contribution in [-0.4, -0.2) is 27.6 Å². The third-order valence-electron chi connectivity index (χ3n) is 4.30. The van der Waals surface area contributed by atoms with E-state index in [4.69, 9.17) is 14.9 Å². The number of carbonyl (C=O) groups is 1. The predicted octanol–water partition coefficient (Wildman–Crippen LogP) is 2.82. The minimum Gasteiger partial charge on any atom is -0.497 e. The lowest BCUT2D eigenvalue weighted by molar-refractivity contribution is 0.0951. The molecule has 0 radical (unpaired) electrons. The number of aromatic nitrogens is 3. The summed E-state index contributed by atoms with van der Waals surface area (Å²) in [5, 5.41) is 7.22. The Morgan fingerprint density at radius 3 is 2.68 bits per heavy atom. The molecule has 0 aliphatic carbocycles. The van der Waals surface area contributed by atoms with Crippen LogP contribution in [-0.2, 0) is 6.54 Å². The second-order valence-electron chi connectivity index (χ2n) is 6.32. The Labute approximate surface area is 160 Å². The highest BCUT2D eigenvalue weighted by Gasteiger charge is 2.15. The monoisotopic (exact) mass is 377 g/mol. The third kappa shape index (κ3) is 3.39. The van der Waals surface area contributed by atoms with Crippen molar-refractivity contribution < 1.29 is 13.9 Å². The number of ether oxygens (including phenoxy) is 1. The molecule has 28 heavy (non-hydrogen) atoms. The van der Waals surface area contributed by atoms with Crippen LogP contribution in [0, 0.1) is 6.92 Å². The van der Waals surface area contributed by atoms with E-state index in [0.29, 0.717) is 35.2 Å². The van der Waals surface area contributed by atoms with E-state index in [1.807, 2.05) is 37.3 Å². The molecule has 1 aromatic carbocycles. The van der Waals surface area contributed by atoms with Gasteiger partial charge in [0.1, 0.15) is 17.3 Å². The zero-order chi connectivity index (χ0) is 19.7. The molecule has 0 aliphatic heterocycles. The average Bonchev–Trinajstić information content (AvgIpc) is 3.32. The molecule has 0 unspecified atom stereocenters. The van der Waals surface area contributed by atoms with Gasteiger partial charge in [0, 0.05) is 12.1 Å². The van der Waals surface area contributed by atoms with Crippen molar-refractivity contribution in [3.05, 3.63) is 65.4 Å². The lowest BCUT2D eigenvalue weighted by Crippen LogP contribution is -2.23. The predicted molar refractivity (Wildman–Crippen MR) is 104 cm³/mol. The quantitative estimate of drug-likeness (QED) is 0.554. The summed E-state index contributed by atoms with van der Waals surface area (Å²) in [7, 11) is 1.61. The van der Waals surface area contributed by atoms with Crippen molar-refractivity contribution in [1.82, 2.24) is 19.9 Å². The van der Waals surface area contributed by atoms with Crippen LogP contribution in [0.5, 0.6) is 5.75 Å². The number of furan rings is 1. The molecule has 3 aromatic heterocycles. The number of hydrogen-bond donors (Lipinski definition) is 2. The number of anilines is 1. The van der Waals surface area contributed by atoms with Crippen molar-refractivity contribution in [2.24, 2.45) is 0 Å². The Bertz CT molecular complexity index is 1140. The molecule has 0 saturated carbocycles. The molecule has 0 fully saturated rings. The molecule has 4 aromatic rings. The van der Waals surface area contributed by atoms with Gasteiger partial charge >= 0.3 is 0 Å². The summed E-state index contributed by atoms with van der Waals surface area (Å²) in [6, 6.07) is 14.3. The highest BCUT2D eigenvalue weighted by atomic mass is 16.5. The summed E-state index contributed by atoms with van der Waals surface area (Å²) in [6.45, 7) is 2.23. The molecule has 1 amide bonds. The minimum atomic E-state index is -0.247. The third-order valence-corrected chi connectivity index (χ3v) is 4.30. The fourth-order valence-electron chi connectivity index (χ4n) is 2.83. The molecular formula is C20H19N5O3. The number of nitrogens with zero attached hydrogens (tertiary/aromatic N) is 3.